The fourth-order valence-corrected chi connectivity index (χ4v) is 3.76. The lowest BCUT2D eigenvalue weighted by Gasteiger charge is -2.11. The third kappa shape index (κ3) is 5.54. The number of hydrogen-bond donors (Lipinski definition) is 2. The summed E-state index contributed by atoms with van der Waals surface area (Å²) >= 11 is 7.12. The highest BCUT2D eigenvalue weighted by atomic mass is 35.5. The third-order valence-electron chi connectivity index (χ3n) is 4.36. The molecule has 0 fully saturated rings. The Kier molecular flexibility index (Phi) is 6.96. The Bertz CT molecular complexity index is 1280. The fraction of sp³-hybridized carbons (Fsp3) is 0.0455. The summed E-state index contributed by atoms with van der Waals surface area (Å²) in [6.07, 6.45) is 3.29. The lowest BCUT2D eigenvalue weighted by molar-refractivity contribution is -0.117. The number of pyridine rings is 1. The van der Waals surface area contributed by atoms with Crippen molar-refractivity contribution in [1.82, 2.24) is 25.1 Å². The van der Waals surface area contributed by atoms with Crippen molar-refractivity contribution in [3.05, 3.63) is 83.9 Å². The summed E-state index contributed by atoms with van der Waals surface area (Å²) in [4.78, 5) is 28.3. The Morgan fingerprint density at radius 3 is 2.45 bits per heavy atom. The number of carbonyl (C=O) groups excluding carboxylic acids is 2. The molecule has 166 valence electrons. The van der Waals surface area contributed by atoms with Gasteiger partial charge in [-0.05, 0) is 48.5 Å². The predicted molar refractivity (Wildman–Crippen MR) is 124 cm³/mol. The van der Waals surface area contributed by atoms with Crippen molar-refractivity contribution in [2.24, 2.45) is 0 Å². The number of thioether (sulfide) groups is 1. The lowest BCUT2D eigenvalue weighted by Crippen LogP contribution is -2.35. The Morgan fingerprint density at radius 1 is 1.00 bits per heavy atom. The van der Waals surface area contributed by atoms with Gasteiger partial charge in [-0.2, -0.15) is 0 Å². The quantitative estimate of drug-likeness (QED) is 0.390. The summed E-state index contributed by atoms with van der Waals surface area (Å²) in [7, 11) is 0. The average molecular weight is 483 g/mol. The number of para-hydroxylation sites is 1. The van der Waals surface area contributed by atoms with Crippen molar-refractivity contribution in [3.8, 4) is 17.1 Å². The van der Waals surface area contributed by atoms with E-state index in [1.807, 2.05) is 12.1 Å². The molecule has 2 aromatic carbocycles. The third-order valence-corrected chi connectivity index (χ3v) is 5.54. The van der Waals surface area contributed by atoms with Crippen LogP contribution in [0.2, 0.25) is 5.02 Å². The molecule has 3 amide bonds. The number of rotatable bonds is 6. The molecule has 0 unspecified atom stereocenters. The van der Waals surface area contributed by atoms with Gasteiger partial charge in [0.05, 0.1) is 11.4 Å². The van der Waals surface area contributed by atoms with E-state index in [1.54, 1.807) is 47.3 Å². The molecule has 2 N–H and O–H groups in total. The van der Waals surface area contributed by atoms with Crippen LogP contribution in [0.1, 0.15) is 0 Å². The highest BCUT2D eigenvalue weighted by Crippen LogP contribution is 2.28. The predicted octanol–water partition coefficient (Wildman–Crippen LogP) is 4.56. The standard InChI is InChI=1S/C22H16ClFN6O2S/c23-15-5-7-16(8-6-15)30-20(14-9-11-25-12-10-14)28-29-22(30)33-13-19(31)27-21(32)26-18-4-2-1-3-17(18)24/h1-12H,13H2,(H2,26,27,31,32). The van der Waals surface area contributed by atoms with E-state index in [1.165, 1.54) is 18.2 Å². The molecule has 0 saturated carbocycles. The number of nitrogens with zero attached hydrogens (tertiary/aromatic N) is 4. The van der Waals surface area contributed by atoms with Crippen LogP contribution in [0.3, 0.4) is 0 Å². The van der Waals surface area contributed by atoms with Crippen LogP contribution in [0.5, 0.6) is 0 Å². The lowest BCUT2D eigenvalue weighted by atomic mass is 10.2. The summed E-state index contributed by atoms with van der Waals surface area (Å²) in [6.45, 7) is 0. The molecule has 0 atom stereocenters. The Hall–Kier alpha value is -3.76. The molecule has 2 aromatic heterocycles. The zero-order valence-corrected chi connectivity index (χ0v) is 18.5. The second-order valence-corrected chi connectivity index (χ2v) is 8.00. The molecule has 0 aliphatic heterocycles. The minimum Gasteiger partial charge on any atom is -0.305 e. The van der Waals surface area contributed by atoms with E-state index in [-0.39, 0.29) is 11.4 Å². The molecule has 8 nitrogen and oxygen atoms in total. The average Bonchev–Trinajstić information content (AvgIpc) is 3.24. The molecule has 0 aliphatic rings. The Balaban J connectivity index is 1.49. The van der Waals surface area contributed by atoms with Gasteiger partial charge < -0.3 is 5.32 Å². The molecule has 4 aromatic rings. The fourth-order valence-electron chi connectivity index (χ4n) is 2.88. The number of urea groups is 1. The first-order chi connectivity index (χ1) is 16.0. The van der Waals surface area contributed by atoms with Gasteiger partial charge in [0.15, 0.2) is 11.0 Å². The van der Waals surface area contributed by atoms with E-state index in [0.717, 1.165) is 23.0 Å². The summed E-state index contributed by atoms with van der Waals surface area (Å²) in [5.41, 5.74) is 1.50. The van der Waals surface area contributed by atoms with E-state index in [0.29, 0.717) is 16.0 Å². The number of halogens is 2. The zero-order valence-electron chi connectivity index (χ0n) is 16.9. The van der Waals surface area contributed by atoms with Gasteiger partial charge in [0.2, 0.25) is 5.91 Å². The van der Waals surface area contributed by atoms with Crippen molar-refractivity contribution in [1.29, 1.82) is 0 Å². The van der Waals surface area contributed by atoms with Crippen LogP contribution < -0.4 is 10.6 Å². The topological polar surface area (TPSA) is 102 Å². The first kappa shape index (κ1) is 22.4. The van der Waals surface area contributed by atoms with E-state index in [9.17, 15) is 14.0 Å². The largest absolute Gasteiger partial charge is 0.325 e. The molecule has 2 heterocycles. The summed E-state index contributed by atoms with van der Waals surface area (Å²) in [5.74, 6) is -0.744. The molecule has 33 heavy (non-hydrogen) atoms. The maximum atomic E-state index is 13.7. The number of hydrogen-bond acceptors (Lipinski definition) is 6. The van der Waals surface area contributed by atoms with E-state index < -0.39 is 17.8 Å². The van der Waals surface area contributed by atoms with E-state index in [4.69, 9.17) is 11.6 Å². The summed E-state index contributed by atoms with van der Waals surface area (Å²) < 4.78 is 15.4. The monoisotopic (exact) mass is 482 g/mol. The SMILES string of the molecule is O=C(CSc1nnc(-c2ccncc2)n1-c1ccc(Cl)cc1)NC(=O)Nc1ccccc1F. The molecule has 4 rings (SSSR count). The molecule has 0 saturated heterocycles. The number of amides is 3. The van der Waals surface area contributed by atoms with Crippen LogP contribution in [0.4, 0.5) is 14.9 Å². The van der Waals surface area contributed by atoms with Crippen molar-refractivity contribution in [2.45, 2.75) is 5.16 Å². The van der Waals surface area contributed by atoms with Gasteiger partial charge in [-0.15, -0.1) is 10.2 Å². The molecule has 0 radical (unpaired) electrons. The second kappa shape index (κ2) is 10.2. The van der Waals surface area contributed by atoms with Gasteiger partial charge >= 0.3 is 6.03 Å². The van der Waals surface area contributed by atoms with Crippen LogP contribution >= 0.6 is 23.4 Å². The number of aromatic nitrogens is 4. The summed E-state index contributed by atoms with van der Waals surface area (Å²) in [5, 5.41) is 14.0. The van der Waals surface area contributed by atoms with Crippen LogP contribution in [0.15, 0.2) is 78.2 Å². The van der Waals surface area contributed by atoms with Crippen LogP contribution in [0.25, 0.3) is 17.1 Å². The molecule has 11 heteroatoms. The van der Waals surface area contributed by atoms with Gasteiger partial charge in [0, 0.05) is 28.7 Å². The minimum atomic E-state index is -0.831. The number of nitrogens with one attached hydrogen (secondary N) is 2. The first-order valence-corrected chi connectivity index (χ1v) is 11.0. The molecular weight excluding hydrogens is 467 g/mol. The van der Waals surface area contributed by atoms with E-state index >= 15 is 0 Å². The Labute approximate surface area is 197 Å². The van der Waals surface area contributed by atoms with Crippen LogP contribution in [0, 0.1) is 5.82 Å². The minimum absolute atomic E-state index is 0.0278. The van der Waals surface area contributed by atoms with Crippen LogP contribution in [-0.4, -0.2) is 37.4 Å². The van der Waals surface area contributed by atoms with Gasteiger partial charge in [-0.1, -0.05) is 35.5 Å². The van der Waals surface area contributed by atoms with Gasteiger partial charge in [-0.3, -0.25) is 19.7 Å². The summed E-state index contributed by atoms with van der Waals surface area (Å²) in [6, 6.07) is 15.5. The molecule has 0 aliphatic carbocycles. The highest BCUT2D eigenvalue weighted by molar-refractivity contribution is 7.99. The van der Waals surface area contributed by atoms with Gasteiger partial charge in [0.25, 0.3) is 0 Å². The van der Waals surface area contributed by atoms with Gasteiger partial charge in [-0.25, -0.2) is 9.18 Å². The first-order valence-electron chi connectivity index (χ1n) is 9.61. The molecular formula is C22H16ClFN6O2S. The Morgan fingerprint density at radius 2 is 1.73 bits per heavy atom. The van der Waals surface area contributed by atoms with Crippen molar-refractivity contribution >= 4 is 41.0 Å². The van der Waals surface area contributed by atoms with Crippen molar-refractivity contribution < 1.29 is 14.0 Å². The highest BCUT2D eigenvalue weighted by Gasteiger charge is 2.18. The molecule has 0 bridgehead atoms. The zero-order chi connectivity index (χ0) is 23.2. The van der Waals surface area contributed by atoms with Gasteiger partial charge in [0.1, 0.15) is 5.82 Å². The number of anilines is 1. The molecule has 0 spiro atoms. The second-order valence-electron chi connectivity index (χ2n) is 6.62. The van der Waals surface area contributed by atoms with Crippen LogP contribution in [-0.2, 0) is 4.79 Å². The number of carbonyl (C=O) groups is 2. The number of imide groups is 1. The van der Waals surface area contributed by atoms with Crippen molar-refractivity contribution in [3.63, 3.8) is 0 Å². The smallest absolute Gasteiger partial charge is 0.305 e. The number of benzene rings is 2. The maximum absolute atomic E-state index is 13.7. The van der Waals surface area contributed by atoms with Crippen molar-refractivity contribution in [2.75, 3.05) is 11.1 Å². The maximum Gasteiger partial charge on any atom is 0.325 e. The normalized spacial score (nSPS) is 10.6. The van der Waals surface area contributed by atoms with E-state index in [2.05, 4.69) is 25.8 Å².